The van der Waals surface area contributed by atoms with Gasteiger partial charge in [-0.2, -0.15) is 0 Å². The van der Waals surface area contributed by atoms with Gasteiger partial charge >= 0.3 is 0 Å². The van der Waals surface area contributed by atoms with E-state index < -0.39 is 0 Å². The van der Waals surface area contributed by atoms with Crippen molar-refractivity contribution in [3.8, 4) is 0 Å². The zero-order valence-electron chi connectivity index (χ0n) is 10.5. The molecular weight excluding hydrogens is 231 g/mol. The number of halogens is 1. The molecule has 1 saturated heterocycles. The van der Waals surface area contributed by atoms with E-state index in [1.807, 2.05) is 6.07 Å². The zero-order valence-corrected chi connectivity index (χ0v) is 10.5. The third-order valence-corrected chi connectivity index (χ3v) is 4.03. The molecule has 18 heavy (non-hydrogen) atoms. The van der Waals surface area contributed by atoms with Gasteiger partial charge in [-0.25, -0.2) is 4.39 Å². The maximum atomic E-state index is 13.3. The van der Waals surface area contributed by atoms with Gasteiger partial charge in [-0.3, -0.25) is 0 Å². The molecule has 0 aromatic heterocycles. The van der Waals surface area contributed by atoms with E-state index in [0.29, 0.717) is 0 Å². The fraction of sp³-hybridized carbons (Fsp3) is 0.571. The molecule has 0 bridgehead atoms. The number of anilines is 1. The number of nitrogens with two attached hydrogens (primary N) is 1. The second-order valence-electron chi connectivity index (χ2n) is 5.42. The summed E-state index contributed by atoms with van der Waals surface area (Å²) < 4.78 is 18.7. The smallest absolute Gasteiger partial charge is 0.125 e. The van der Waals surface area contributed by atoms with Gasteiger partial charge in [0, 0.05) is 37.5 Å². The quantitative estimate of drug-likeness (QED) is 0.868. The summed E-state index contributed by atoms with van der Waals surface area (Å²) in [6.07, 6.45) is 2.75. The Labute approximate surface area is 107 Å². The predicted octanol–water partition coefficient (Wildman–Crippen LogP) is 1.70. The van der Waals surface area contributed by atoms with Crippen molar-refractivity contribution < 1.29 is 9.13 Å². The van der Waals surface area contributed by atoms with Crippen LogP contribution in [0, 0.1) is 5.82 Å². The Morgan fingerprint density at radius 2 is 2.11 bits per heavy atom. The van der Waals surface area contributed by atoms with Gasteiger partial charge in [0.25, 0.3) is 0 Å². The Hall–Kier alpha value is -1.13. The van der Waals surface area contributed by atoms with Crippen LogP contribution in [-0.2, 0) is 11.2 Å². The van der Waals surface area contributed by atoms with Crippen LogP contribution in [0.1, 0.15) is 18.4 Å². The molecule has 2 aliphatic rings. The molecule has 1 aromatic rings. The number of benzene rings is 1. The molecule has 2 heterocycles. The molecular formula is C14H19FN2O. The standard InChI is InChI=1S/C14H19FN2O/c15-12-2-1-11-3-6-17(13(11)9-12)10-14(16)4-7-18-8-5-14/h1-2,9H,3-8,10,16H2. The second-order valence-corrected chi connectivity index (χ2v) is 5.42. The van der Waals surface area contributed by atoms with Crippen molar-refractivity contribution in [1.29, 1.82) is 0 Å². The van der Waals surface area contributed by atoms with Crippen LogP contribution in [-0.4, -0.2) is 31.8 Å². The largest absolute Gasteiger partial charge is 0.381 e. The Balaban J connectivity index is 1.77. The lowest BCUT2D eigenvalue weighted by molar-refractivity contribution is 0.0556. The van der Waals surface area contributed by atoms with Crippen molar-refractivity contribution in [2.45, 2.75) is 24.8 Å². The molecule has 98 valence electrons. The Morgan fingerprint density at radius 1 is 1.33 bits per heavy atom. The summed E-state index contributed by atoms with van der Waals surface area (Å²) in [5, 5.41) is 0. The van der Waals surface area contributed by atoms with Crippen molar-refractivity contribution in [2.24, 2.45) is 5.73 Å². The number of nitrogens with zero attached hydrogens (tertiary/aromatic N) is 1. The highest BCUT2D eigenvalue weighted by Crippen LogP contribution is 2.31. The van der Waals surface area contributed by atoms with Gasteiger partial charge in [-0.1, -0.05) is 6.07 Å². The number of ether oxygens (including phenoxy) is 1. The maximum Gasteiger partial charge on any atom is 0.125 e. The van der Waals surface area contributed by atoms with Crippen molar-refractivity contribution in [3.05, 3.63) is 29.6 Å². The Bertz CT molecular complexity index is 443. The number of fused-ring (bicyclic) bond motifs is 1. The lowest BCUT2D eigenvalue weighted by Gasteiger charge is -2.37. The molecule has 2 aliphatic heterocycles. The van der Waals surface area contributed by atoms with Crippen LogP contribution >= 0.6 is 0 Å². The molecule has 1 fully saturated rings. The molecule has 0 unspecified atom stereocenters. The monoisotopic (exact) mass is 250 g/mol. The lowest BCUT2D eigenvalue weighted by Crippen LogP contribution is -2.53. The van der Waals surface area contributed by atoms with Gasteiger partial charge in [-0.15, -0.1) is 0 Å². The average molecular weight is 250 g/mol. The highest BCUT2D eigenvalue weighted by molar-refractivity contribution is 5.58. The summed E-state index contributed by atoms with van der Waals surface area (Å²) in [6, 6.07) is 5.05. The van der Waals surface area contributed by atoms with Crippen LogP contribution in [0.15, 0.2) is 18.2 Å². The molecule has 0 atom stereocenters. The molecule has 3 rings (SSSR count). The van der Waals surface area contributed by atoms with Crippen LogP contribution in [0.5, 0.6) is 0 Å². The normalized spacial score (nSPS) is 22.0. The van der Waals surface area contributed by atoms with Crippen molar-refractivity contribution >= 4 is 5.69 Å². The summed E-state index contributed by atoms with van der Waals surface area (Å²) in [5.41, 5.74) is 8.48. The van der Waals surface area contributed by atoms with E-state index in [0.717, 1.165) is 51.3 Å². The summed E-state index contributed by atoms with van der Waals surface area (Å²) >= 11 is 0. The van der Waals surface area contributed by atoms with Gasteiger partial charge in [0.2, 0.25) is 0 Å². The predicted molar refractivity (Wildman–Crippen MR) is 69.3 cm³/mol. The first-order chi connectivity index (χ1) is 8.66. The molecule has 0 saturated carbocycles. The molecule has 2 N–H and O–H groups in total. The van der Waals surface area contributed by atoms with E-state index in [-0.39, 0.29) is 11.4 Å². The van der Waals surface area contributed by atoms with Crippen molar-refractivity contribution in [2.75, 3.05) is 31.2 Å². The Morgan fingerprint density at radius 3 is 2.89 bits per heavy atom. The summed E-state index contributed by atoms with van der Waals surface area (Å²) in [7, 11) is 0. The van der Waals surface area contributed by atoms with Crippen LogP contribution in [0.25, 0.3) is 0 Å². The van der Waals surface area contributed by atoms with Gasteiger partial charge < -0.3 is 15.4 Å². The number of hydrogen-bond donors (Lipinski definition) is 1. The number of rotatable bonds is 2. The topological polar surface area (TPSA) is 38.5 Å². The van der Waals surface area contributed by atoms with E-state index in [4.69, 9.17) is 10.5 Å². The highest BCUT2D eigenvalue weighted by atomic mass is 19.1. The molecule has 0 radical (unpaired) electrons. The first-order valence-electron chi connectivity index (χ1n) is 6.56. The van der Waals surface area contributed by atoms with Crippen LogP contribution in [0.4, 0.5) is 10.1 Å². The van der Waals surface area contributed by atoms with E-state index in [1.165, 1.54) is 11.6 Å². The summed E-state index contributed by atoms with van der Waals surface area (Å²) in [5.74, 6) is -0.168. The minimum Gasteiger partial charge on any atom is -0.381 e. The van der Waals surface area contributed by atoms with Crippen molar-refractivity contribution in [1.82, 2.24) is 0 Å². The first kappa shape index (κ1) is 11.9. The number of hydrogen-bond acceptors (Lipinski definition) is 3. The highest BCUT2D eigenvalue weighted by Gasteiger charge is 2.32. The van der Waals surface area contributed by atoms with E-state index in [9.17, 15) is 4.39 Å². The van der Waals surface area contributed by atoms with Gasteiger partial charge in [-0.05, 0) is 37.0 Å². The third-order valence-electron chi connectivity index (χ3n) is 4.03. The molecule has 3 nitrogen and oxygen atoms in total. The zero-order chi connectivity index (χ0) is 12.6. The second kappa shape index (κ2) is 4.52. The maximum absolute atomic E-state index is 13.3. The summed E-state index contributed by atoms with van der Waals surface area (Å²) in [4.78, 5) is 2.23. The van der Waals surface area contributed by atoms with Crippen molar-refractivity contribution in [3.63, 3.8) is 0 Å². The summed E-state index contributed by atoms with van der Waals surface area (Å²) in [6.45, 7) is 3.21. The molecule has 1 aromatic carbocycles. The van der Waals surface area contributed by atoms with E-state index >= 15 is 0 Å². The van der Waals surface area contributed by atoms with Gasteiger partial charge in [0.1, 0.15) is 5.82 Å². The Kier molecular flexibility index (Phi) is 2.99. The molecule has 0 spiro atoms. The average Bonchev–Trinajstić information content (AvgIpc) is 2.72. The molecule has 4 heteroatoms. The fourth-order valence-electron chi connectivity index (χ4n) is 2.90. The lowest BCUT2D eigenvalue weighted by atomic mass is 9.90. The molecule has 0 amide bonds. The van der Waals surface area contributed by atoms with E-state index in [1.54, 1.807) is 6.07 Å². The first-order valence-corrected chi connectivity index (χ1v) is 6.56. The van der Waals surface area contributed by atoms with Crippen LogP contribution in [0.2, 0.25) is 0 Å². The van der Waals surface area contributed by atoms with Crippen LogP contribution in [0.3, 0.4) is 0 Å². The minimum atomic E-state index is -0.188. The van der Waals surface area contributed by atoms with E-state index in [2.05, 4.69) is 4.90 Å². The SMILES string of the molecule is NC1(CN2CCc3ccc(F)cc32)CCOCC1. The fourth-order valence-corrected chi connectivity index (χ4v) is 2.90. The van der Waals surface area contributed by atoms with Gasteiger partial charge in [0.05, 0.1) is 0 Å². The van der Waals surface area contributed by atoms with Crippen LogP contribution < -0.4 is 10.6 Å². The molecule has 0 aliphatic carbocycles. The third kappa shape index (κ3) is 2.22. The van der Waals surface area contributed by atoms with Gasteiger partial charge in [0.15, 0.2) is 0 Å². The minimum absolute atomic E-state index is 0.168.